The van der Waals surface area contributed by atoms with Gasteiger partial charge in [0.25, 0.3) is 5.91 Å². The second kappa shape index (κ2) is 8.13. The van der Waals surface area contributed by atoms with Crippen LogP contribution in [-0.4, -0.2) is 21.4 Å². The molecule has 1 aromatic carbocycles. The molecule has 2 heterocycles. The van der Waals surface area contributed by atoms with Gasteiger partial charge in [0.1, 0.15) is 5.76 Å². The molecule has 1 N–H and O–H groups in total. The Balaban J connectivity index is 1.84. The van der Waals surface area contributed by atoms with Crippen molar-refractivity contribution in [2.24, 2.45) is 0 Å². The highest BCUT2D eigenvalue weighted by atomic mass is 32.2. The number of nitrogens with one attached hydrogen (secondary N) is 1. The van der Waals surface area contributed by atoms with E-state index >= 15 is 0 Å². The molecule has 0 atom stereocenters. The Morgan fingerprint density at radius 2 is 2.00 bits per heavy atom. The van der Waals surface area contributed by atoms with E-state index in [0.717, 1.165) is 9.90 Å². The summed E-state index contributed by atoms with van der Waals surface area (Å²) in [6.07, 6.45) is 3.29. The van der Waals surface area contributed by atoms with Crippen molar-refractivity contribution in [2.75, 3.05) is 5.32 Å². The first-order valence-corrected chi connectivity index (χ1v) is 9.43. The predicted octanol–water partition coefficient (Wildman–Crippen LogP) is 4.81. The summed E-state index contributed by atoms with van der Waals surface area (Å²) in [5, 5.41) is 11.9. The molecule has 0 aliphatic heterocycles. The van der Waals surface area contributed by atoms with Gasteiger partial charge in [-0.3, -0.25) is 10.1 Å². The summed E-state index contributed by atoms with van der Waals surface area (Å²) in [4.78, 5) is 12.8. The Bertz CT molecular complexity index is 856. The first-order valence-electron chi connectivity index (χ1n) is 7.74. The third-order valence-electron chi connectivity index (χ3n) is 3.12. The minimum atomic E-state index is -0.250. The summed E-state index contributed by atoms with van der Waals surface area (Å²) in [5.41, 5.74) is 1.31. The molecule has 25 heavy (non-hydrogen) atoms. The number of rotatable bonds is 6. The first-order chi connectivity index (χ1) is 12.1. The van der Waals surface area contributed by atoms with E-state index in [2.05, 4.69) is 29.4 Å². The van der Waals surface area contributed by atoms with Gasteiger partial charge in [0.05, 0.1) is 11.8 Å². The number of thioether (sulfide) groups is 1. The first kappa shape index (κ1) is 17.4. The van der Waals surface area contributed by atoms with E-state index in [1.165, 1.54) is 11.3 Å². The van der Waals surface area contributed by atoms with Crippen molar-refractivity contribution in [2.45, 2.75) is 23.4 Å². The number of hydrogen-bond donors (Lipinski definition) is 1. The molecule has 0 aliphatic rings. The molecule has 0 fully saturated rings. The molecule has 0 saturated heterocycles. The number of aromatic nitrogens is 2. The van der Waals surface area contributed by atoms with Gasteiger partial charge in [-0.2, -0.15) is 0 Å². The average Bonchev–Trinajstić information content (AvgIpc) is 3.25. The molecule has 7 heteroatoms. The van der Waals surface area contributed by atoms with Gasteiger partial charge >= 0.3 is 0 Å². The molecule has 0 aliphatic carbocycles. The second-order valence-corrected chi connectivity index (χ2v) is 8.23. The average molecular weight is 371 g/mol. The Morgan fingerprint density at radius 1 is 1.20 bits per heavy atom. The standard InChI is InChI=1S/C18H17N3O2S2/c1-12(2)24-18-21-20-17(25-18)19-16(22)15(11-14-9-6-10-23-14)13-7-4-3-5-8-13/h3-12H,1-2H3,(H,19,20,22)/b15-11+. The summed E-state index contributed by atoms with van der Waals surface area (Å²) in [6.45, 7) is 4.17. The second-order valence-electron chi connectivity index (χ2n) is 5.43. The largest absolute Gasteiger partial charge is 0.465 e. The summed E-state index contributed by atoms with van der Waals surface area (Å²) >= 11 is 2.99. The maximum absolute atomic E-state index is 12.8. The molecule has 1 amide bonds. The normalized spacial score (nSPS) is 11.7. The van der Waals surface area contributed by atoms with Gasteiger partial charge < -0.3 is 4.42 Å². The lowest BCUT2D eigenvalue weighted by molar-refractivity contribution is -0.111. The Morgan fingerprint density at radius 3 is 2.68 bits per heavy atom. The van der Waals surface area contributed by atoms with Crippen LogP contribution < -0.4 is 5.32 Å². The van der Waals surface area contributed by atoms with Gasteiger partial charge in [0.2, 0.25) is 5.13 Å². The zero-order valence-electron chi connectivity index (χ0n) is 13.8. The molecule has 2 aromatic heterocycles. The SMILES string of the molecule is CC(C)Sc1nnc(NC(=O)/C(=C/c2ccco2)c2ccccc2)s1. The van der Waals surface area contributed by atoms with E-state index in [1.54, 1.807) is 36.2 Å². The lowest BCUT2D eigenvalue weighted by atomic mass is 10.0. The van der Waals surface area contributed by atoms with Crippen LogP contribution in [0, 0.1) is 0 Å². The maximum Gasteiger partial charge on any atom is 0.258 e. The Hall–Kier alpha value is -2.38. The van der Waals surface area contributed by atoms with Gasteiger partial charge in [-0.15, -0.1) is 10.2 Å². The van der Waals surface area contributed by atoms with Crippen LogP contribution in [-0.2, 0) is 4.79 Å². The highest BCUT2D eigenvalue weighted by Crippen LogP contribution is 2.29. The fraction of sp³-hybridized carbons (Fsp3) is 0.167. The highest BCUT2D eigenvalue weighted by molar-refractivity contribution is 8.01. The Kier molecular flexibility index (Phi) is 5.67. The number of nitrogens with zero attached hydrogens (tertiary/aromatic N) is 2. The number of furan rings is 1. The maximum atomic E-state index is 12.8. The number of anilines is 1. The molecule has 0 saturated carbocycles. The van der Waals surface area contributed by atoms with Crippen LogP contribution in [0.5, 0.6) is 0 Å². The smallest absolute Gasteiger partial charge is 0.258 e. The number of amides is 1. The van der Waals surface area contributed by atoms with Crippen LogP contribution in [0.25, 0.3) is 11.6 Å². The van der Waals surface area contributed by atoms with Gasteiger partial charge in [-0.1, -0.05) is 67.3 Å². The van der Waals surface area contributed by atoms with E-state index in [1.807, 2.05) is 30.3 Å². The molecule has 0 unspecified atom stereocenters. The summed E-state index contributed by atoms with van der Waals surface area (Å²) in [6, 6.07) is 13.0. The van der Waals surface area contributed by atoms with Crippen LogP contribution in [0.2, 0.25) is 0 Å². The minimum Gasteiger partial charge on any atom is -0.465 e. The van der Waals surface area contributed by atoms with Crippen molar-refractivity contribution in [3.05, 3.63) is 60.1 Å². The lowest BCUT2D eigenvalue weighted by Crippen LogP contribution is -2.13. The fourth-order valence-electron chi connectivity index (χ4n) is 2.09. The van der Waals surface area contributed by atoms with Crippen LogP contribution in [0.4, 0.5) is 5.13 Å². The third-order valence-corrected chi connectivity index (χ3v) is 5.05. The van der Waals surface area contributed by atoms with Crippen molar-refractivity contribution < 1.29 is 9.21 Å². The predicted molar refractivity (Wildman–Crippen MR) is 103 cm³/mol. The summed E-state index contributed by atoms with van der Waals surface area (Å²) in [5.74, 6) is 0.363. The lowest BCUT2D eigenvalue weighted by Gasteiger charge is -2.06. The van der Waals surface area contributed by atoms with Crippen LogP contribution in [0.3, 0.4) is 0 Å². The van der Waals surface area contributed by atoms with E-state index in [9.17, 15) is 4.79 Å². The molecule has 0 radical (unpaired) electrons. The summed E-state index contributed by atoms with van der Waals surface area (Å²) in [7, 11) is 0. The van der Waals surface area contributed by atoms with E-state index < -0.39 is 0 Å². The fourth-order valence-corrected chi connectivity index (χ4v) is 4.06. The van der Waals surface area contributed by atoms with Gasteiger partial charge in [-0.05, 0) is 23.8 Å². The zero-order chi connectivity index (χ0) is 17.6. The molecule has 3 aromatic rings. The highest BCUT2D eigenvalue weighted by Gasteiger charge is 2.16. The topological polar surface area (TPSA) is 68.0 Å². The molecular formula is C18H17N3O2S2. The molecule has 0 bridgehead atoms. The van der Waals surface area contributed by atoms with Crippen LogP contribution >= 0.6 is 23.1 Å². The number of hydrogen-bond acceptors (Lipinski definition) is 6. The van der Waals surface area contributed by atoms with Crippen molar-refractivity contribution in [1.29, 1.82) is 0 Å². The van der Waals surface area contributed by atoms with E-state index in [-0.39, 0.29) is 5.91 Å². The third kappa shape index (κ3) is 4.80. The van der Waals surface area contributed by atoms with Crippen molar-refractivity contribution in [1.82, 2.24) is 10.2 Å². The van der Waals surface area contributed by atoms with Gasteiger partial charge in [-0.25, -0.2) is 0 Å². The minimum absolute atomic E-state index is 0.250. The van der Waals surface area contributed by atoms with Crippen molar-refractivity contribution in [3.63, 3.8) is 0 Å². The summed E-state index contributed by atoms with van der Waals surface area (Å²) < 4.78 is 6.18. The van der Waals surface area contributed by atoms with Crippen molar-refractivity contribution in [3.8, 4) is 0 Å². The van der Waals surface area contributed by atoms with E-state index in [4.69, 9.17) is 4.42 Å². The zero-order valence-corrected chi connectivity index (χ0v) is 15.4. The Labute approximate surface area is 154 Å². The van der Waals surface area contributed by atoms with E-state index in [0.29, 0.717) is 21.7 Å². The molecule has 128 valence electrons. The molecular weight excluding hydrogens is 354 g/mol. The number of benzene rings is 1. The quantitative estimate of drug-likeness (QED) is 0.382. The van der Waals surface area contributed by atoms with Gasteiger partial charge in [0.15, 0.2) is 4.34 Å². The number of carbonyl (C=O) groups excluding carboxylic acids is 1. The van der Waals surface area contributed by atoms with Gasteiger partial charge in [0, 0.05) is 5.25 Å². The molecule has 0 spiro atoms. The molecule has 5 nitrogen and oxygen atoms in total. The monoisotopic (exact) mass is 371 g/mol. The number of carbonyl (C=O) groups is 1. The molecule has 3 rings (SSSR count). The van der Waals surface area contributed by atoms with Crippen molar-refractivity contribution >= 4 is 45.8 Å². The van der Waals surface area contributed by atoms with Crippen LogP contribution in [0.15, 0.2) is 57.5 Å². The van der Waals surface area contributed by atoms with Crippen LogP contribution in [0.1, 0.15) is 25.2 Å².